The van der Waals surface area contributed by atoms with E-state index in [-0.39, 0.29) is 12.0 Å². The summed E-state index contributed by atoms with van der Waals surface area (Å²) in [6, 6.07) is 0.200. The lowest BCUT2D eigenvalue weighted by molar-refractivity contribution is -0.145. The first-order valence-corrected chi connectivity index (χ1v) is 7.59. The lowest BCUT2D eigenvalue weighted by atomic mass is 9.86. The number of ether oxygens (including phenoxy) is 1. The fourth-order valence-electron chi connectivity index (χ4n) is 3.63. The predicted molar refractivity (Wildman–Crippen MR) is 76.7 cm³/mol. The molecule has 0 radical (unpaired) electrons. The molecule has 0 aromatic heterocycles. The number of methoxy groups -OCH3 is 1. The van der Waals surface area contributed by atoms with Crippen LogP contribution in [0, 0.1) is 23.7 Å². The normalized spacial score (nSPS) is 33.2. The molecule has 0 heterocycles. The number of carbonyl (C=O) groups excluding carboxylic acids is 1. The van der Waals surface area contributed by atoms with E-state index >= 15 is 0 Å². The predicted octanol–water partition coefficient (Wildman–Crippen LogP) is 2.76. The third kappa shape index (κ3) is 3.02. The summed E-state index contributed by atoms with van der Waals surface area (Å²) in [7, 11) is 1.48. The van der Waals surface area contributed by atoms with Crippen LogP contribution < -0.4 is 5.32 Å². The molecular formula is C16H27NO2. The third-order valence-corrected chi connectivity index (χ3v) is 5.08. The van der Waals surface area contributed by atoms with Crippen molar-refractivity contribution in [2.75, 3.05) is 7.11 Å². The number of nitrogens with one attached hydrogen (secondary N) is 1. The molecule has 2 aliphatic rings. The molecule has 19 heavy (non-hydrogen) atoms. The van der Waals surface area contributed by atoms with Gasteiger partial charge in [0.05, 0.1) is 7.11 Å². The summed E-state index contributed by atoms with van der Waals surface area (Å²) in [5, 5.41) is 3.54. The largest absolute Gasteiger partial charge is 0.468 e. The molecule has 2 bridgehead atoms. The van der Waals surface area contributed by atoms with Crippen LogP contribution in [0.15, 0.2) is 12.2 Å². The molecule has 0 saturated heterocycles. The highest BCUT2D eigenvalue weighted by molar-refractivity contribution is 5.76. The summed E-state index contributed by atoms with van der Waals surface area (Å²) in [4.78, 5) is 11.9. The number of carbonyl (C=O) groups is 1. The van der Waals surface area contributed by atoms with E-state index in [1.54, 1.807) is 0 Å². The van der Waals surface area contributed by atoms with E-state index in [2.05, 4.69) is 38.2 Å². The Balaban J connectivity index is 1.96. The molecule has 6 atom stereocenters. The van der Waals surface area contributed by atoms with Crippen molar-refractivity contribution < 1.29 is 9.53 Å². The van der Waals surface area contributed by atoms with Crippen LogP contribution in [0.2, 0.25) is 0 Å². The van der Waals surface area contributed by atoms with Crippen molar-refractivity contribution in [2.24, 2.45) is 23.7 Å². The minimum Gasteiger partial charge on any atom is -0.468 e. The molecule has 1 saturated carbocycles. The smallest absolute Gasteiger partial charge is 0.323 e. The Hall–Kier alpha value is -0.830. The second-order valence-electron chi connectivity index (χ2n) is 6.29. The molecule has 108 valence electrons. The number of allylic oxidation sites excluding steroid dienone is 2. The Bertz CT molecular complexity index is 353. The summed E-state index contributed by atoms with van der Waals surface area (Å²) in [5.74, 6) is 2.34. The monoisotopic (exact) mass is 265 g/mol. The van der Waals surface area contributed by atoms with Crippen molar-refractivity contribution in [1.29, 1.82) is 0 Å². The summed E-state index contributed by atoms with van der Waals surface area (Å²) in [6.07, 6.45) is 8.29. The molecule has 0 amide bonds. The van der Waals surface area contributed by atoms with E-state index in [0.29, 0.717) is 23.8 Å². The Labute approximate surface area is 116 Å². The van der Waals surface area contributed by atoms with Gasteiger partial charge in [-0.25, -0.2) is 0 Å². The molecule has 0 spiro atoms. The minimum atomic E-state index is -0.173. The van der Waals surface area contributed by atoms with Crippen LogP contribution in [-0.4, -0.2) is 25.2 Å². The van der Waals surface area contributed by atoms with Gasteiger partial charge in [-0.3, -0.25) is 4.79 Å². The molecule has 0 aromatic carbocycles. The summed E-state index contributed by atoms with van der Waals surface area (Å²) in [6.45, 7) is 6.45. The van der Waals surface area contributed by atoms with Crippen LogP contribution in [0.4, 0.5) is 0 Å². The molecule has 3 heteroatoms. The van der Waals surface area contributed by atoms with Crippen LogP contribution in [0.5, 0.6) is 0 Å². The van der Waals surface area contributed by atoms with Crippen molar-refractivity contribution in [3.8, 4) is 0 Å². The fraction of sp³-hybridized carbons (Fsp3) is 0.812. The molecule has 2 rings (SSSR count). The van der Waals surface area contributed by atoms with Gasteiger partial charge in [-0.05, 0) is 43.4 Å². The van der Waals surface area contributed by atoms with E-state index in [4.69, 9.17) is 4.74 Å². The van der Waals surface area contributed by atoms with Crippen LogP contribution in [0.3, 0.4) is 0 Å². The van der Waals surface area contributed by atoms with E-state index in [9.17, 15) is 4.79 Å². The molecular weight excluding hydrogens is 238 g/mol. The first-order valence-electron chi connectivity index (χ1n) is 7.59. The van der Waals surface area contributed by atoms with Gasteiger partial charge in [0.1, 0.15) is 6.04 Å². The number of hydrogen-bond acceptors (Lipinski definition) is 3. The maximum atomic E-state index is 11.9. The average molecular weight is 265 g/mol. The van der Waals surface area contributed by atoms with E-state index in [1.165, 1.54) is 20.0 Å². The zero-order valence-electron chi connectivity index (χ0n) is 12.6. The van der Waals surface area contributed by atoms with Gasteiger partial charge in [0, 0.05) is 6.04 Å². The lowest BCUT2D eigenvalue weighted by Gasteiger charge is -2.31. The molecule has 0 aromatic rings. The SMILES string of the molecule is CCC(C)C(NC(C)C1CC2C=CC1C2)C(=O)OC. The molecule has 6 unspecified atom stereocenters. The number of rotatable bonds is 6. The minimum absolute atomic E-state index is 0.125. The summed E-state index contributed by atoms with van der Waals surface area (Å²) in [5.41, 5.74) is 0. The Morgan fingerprint density at radius 2 is 2.11 bits per heavy atom. The highest BCUT2D eigenvalue weighted by Gasteiger charge is 2.40. The molecule has 3 nitrogen and oxygen atoms in total. The summed E-state index contributed by atoms with van der Waals surface area (Å²) >= 11 is 0. The molecule has 1 N–H and O–H groups in total. The van der Waals surface area contributed by atoms with Gasteiger partial charge in [0.25, 0.3) is 0 Å². The summed E-state index contributed by atoms with van der Waals surface area (Å²) < 4.78 is 4.95. The third-order valence-electron chi connectivity index (χ3n) is 5.08. The van der Waals surface area contributed by atoms with Crippen molar-refractivity contribution in [3.63, 3.8) is 0 Å². The van der Waals surface area contributed by atoms with E-state index < -0.39 is 0 Å². The van der Waals surface area contributed by atoms with Crippen molar-refractivity contribution in [2.45, 2.75) is 52.1 Å². The van der Waals surface area contributed by atoms with Crippen molar-refractivity contribution in [3.05, 3.63) is 12.2 Å². The average Bonchev–Trinajstić information content (AvgIpc) is 3.05. The topological polar surface area (TPSA) is 38.3 Å². The quantitative estimate of drug-likeness (QED) is 0.593. The standard InChI is InChI=1S/C16H27NO2/c1-5-10(2)15(16(18)19-4)17-11(3)14-9-12-6-7-13(14)8-12/h6-7,10-15,17H,5,8-9H2,1-4H3. The zero-order chi connectivity index (χ0) is 14.0. The van der Waals surface area contributed by atoms with Gasteiger partial charge < -0.3 is 10.1 Å². The van der Waals surface area contributed by atoms with Gasteiger partial charge in [-0.15, -0.1) is 0 Å². The second kappa shape index (κ2) is 6.08. The van der Waals surface area contributed by atoms with Gasteiger partial charge >= 0.3 is 5.97 Å². The highest BCUT2D eigenvalue weighted by atomic mass is 16.5. The first kappa shape index (κ1) is 14.6. The Morgan fingerprint density at radius 3 is 2.58 bits per heavy atom. The highest BCUT2D eigenvalue weighted by Crippen LogP contribution is 2.44. The maximum Gasteiger partial charge on any atom is 0.323 e. The number of hydrogen-bond donors (Lipinski definition) is 1. The van der Waals surface area contributed by atoms with Crippen molar-refractivity contribution in [1.82, 2.24) is 5.32 Å². The van der Waals surface area contributed by atoms with Crippen molar-refractivity contribution >= 4 is 5.97 Å². The van der Waals surface area contributed by atoms with Gasteiger partial charge in [-0.1, -0.05) is 32.4 Å². The Kier molecular flexibility index (Phi) is 4.67. The first-order chi connectivity index (χ1) is 9.06. The molecule has 1 fully saturated rings. The fourth-order valence-corrected chi connectivity index (χ4v) is 3.63. The Morgan fingerprint density at radius 1 is 1.37 bits per heavy atom. The van der Waals surface area contributed by atoms with Gasteiger partial charge in [0.15, 0.2) is 0 Å². The van der Waals surface area contributed by atoms with Crippen LogP contribution >= 0.6 is 0 Å². The zero-order valence-corrected chi connectivity index (χ0v) is 12.6. The van der Waals surface area contributed by atoms with E-state index in [1.807, 2.05) is 0 Å². The maximum absolute atomic E-state index is 11.9. The lowest BCUT2D eigenvalue weighted by Crippen LogP contribution is -2.49. The van der Waals surface area contributed by atoms with Crippen LogP contribution in [0.1, 0.15) is 40.0 Å². The van der Waals surface area contributed by atoms with E-state index in [0.717, 1.165) is 12.3 Å². The number of esters is 1. The second-order valence-corrected chi connectivity index (χ2v) is 6.29. The molecule has 0 aliphatic heterocycles. The number of fused-ring (bicyclic) bond motifs is 2. The molecule has 2 aliphatic carbocycles. The van der Waals surface area contributed by atoms with Gasteiger partial charge in [0.2, 0.25) is 0 Å². The van der Waals surface area contributed by atoms with Gasteiger partial charge in [-0.2, -0.15) is 0 Å². The van der Waals surface area contributed by atoms with Crippen LogP contribution in [0.25, 0.3) is 0 Å². The van der Waals surface area contributed by atoms with Crippen LogP contribution in [-0.2, 0) is 9.53 Å².